The number of esters is 1. The van der Waals surface area contributed by atoms with Gasteiger partial charge in [0.2, 0.25) is 11.8 Å². The minimum absolute atomic E-state index is 0.123. The van der Waals surface area contributed by atoms with E-state index >= 15 is 0 Å². The monoisotopic (exact) mass is 364 g/mol. The zero-order valence-electron chi connectivity index (χ0n) is 14.7. The predicted molar refractivity (Wildman–Crippen MR) is 97.8 cm³/mol. The first-order valence-corrected chi connectivity index (χ1v) is 9.02. The van der Waals surface area contributed by atoms with Crippen LogP contribution in [-0.2, 0) is 20.7 Å². The van der Waals surface area contributed by atoms with E-state index in [4.69, 9.17) is 4.74 Å². The number of amides is 2. The molecule has 2 saturated heterocycles. The van der Waals surface area contributed by atoms with Crippen LogP contribution < -0.4 is 5.32 Å². The van der Waals surface area contributed by atoms with Gasteiger partial charge in [-0.25, -0.2) is 4.79 Å². The van der Waals surface area contributed by atoms with Crippen LogP contribution in [0.25, 0.3) is 0 Å². The lowest BCUT2D eigenvalue weighted by atomic mass is 10.0. The topological polar surface area (TPSA) is 75.7 Å². The van der Waals surface area contributed by atoms with Crippen LogP contribution in [0, 0.1) is 0 Å². The van der Waals surface area contributed by atoms with Crippen LogP contribution in [0.3, 0.4) is 0 Å². The largest absolute Gasteiger partial charge is 0.457 e. The van der Waals surface area contributed by atoms with Crippen LogP contribution in [0.1, 0.15) is 22.3 Å². The zero-order valence-corrected chi connectivity index (χ0v) is 14.7. The first-order valence-electron chi connectivity index (χ1n) is 9.02. The Morgan fingerprint density at radius 3 is 2.41 bits per heavy atom. The molecular weight excluding hydrogens is 344 g/mol. The average Bonchev–Trinajstić information content (AvgIpc) is 3.12. The van der Waals surface area contributed by atoms with Gasteiger partial charge in [-0.2, -0.15) is 0 Å². The number of nitrogens with one attached hydrogen (secondary N) is 1. The number of benzene rings is 2. The van der Waals surface area contributed by atoms with Crippen molar-refractivity contribution in [2.45, 2.75) is 31.0 Å². The smallest absolute Gasteiger partial charge is 0.338 e. The van der Waals surface area contributed by atoms with E-state index in [1.165, 1.54) is 0 Å². The SMILES string of the molecule is O=C(OC1CC2C(=O)NC(Cc3ccccc3)C(=O)N2C1)c1ccccc1. The highest BCUT2D eigenvalue weighted by molar-refractivity contribution is 5.98. The molecule has 6 nitrogen and oxygen atoms in total. The van der Waals surface area contributed by atoms with Gasteiger partial charge in [-0.1, -0.05) is 48.5 Å². The fraction of sp³-hybridized carbons (Fsp3) is 0.286. The zero-order chi connectivity index (χ0) is 18.8. The van der Waals surface area contributed by atoms with Gasteiger partial charge in [0.25, 0.3) is 0 Å². The van der Waals surface area contributed by atoms with Crippen molar-refractivity contribution < 1.29 is 19.1 Å². The van der Waals surface area contributed by atoms with Gasteiger partial charge in [-0.05, 0) is 17.7 Å². The van der Waals surface area contributed by atoms with E-state index in [1.54, 1.807) is 29.2 Å². The number of ether oxygens (including phenoxy) is 1. The van der Waals surface area contributed by atoms with E-state index in [-0.39, 0.29) is 18.4 Å². The van der Waals surface area contributed by atoms with Crippen molar-refractivity contribution in [1.82, 2.24) is 10.2 Å². The van der Waals surface area contributed by atoms with Crippen LogP contribution >= 0.6 is 0 Å². The molecule has 4 rings (SSSR count). The Hall–Kier alpha value is -3.15. The molecule has 0 spiro atoms. The number of rotatable bonds is 4. The average molecular weight is 364 g/mol. The first kappa shape index (κ1) is 17.3. The second-order valence-electron chi connectivity index (χ2n) is 6.89. The van der Waals surface area contributed by atoms with Crippen LogP contribution in [0.15, 0.2) is 60.7 Å². The van der Waals surface area contributed by atoms with Crippen LogP contribution in [0.2, 0.25) is 0 Å². The molecule has 2 fully saturated rings. The molecular formula is C21H20N2O4. The third-order valence-corrected chi connectivity index (χ3v) is 5.03. The molecule has 27 heavy (non-hydrogen) atoms. The molecule has 138 valence electrons. The highest BCUT2D eigenvalue weighted by Gasteiger charge is 2.47. The maximum atomic E-state index is 12.8. The Kier molecular flexibility index (Phi) is 4.62. The van der Waals surface area contributed by atoms with Gasteiger partial charge in [0.15, 0.2) is 0 Å². The molecule has 0 aliphatic carbocycles. The number of hydrogen-bond donors (Lipinski definition) is 1. The number of nitrogens with zero attached hydrogens (tertiary/aromatic N) is 1. The molecule has 2 heterocycles. The third-order valence-electron chi connectivity index (χ3n) is 5.03. The van der Waals surface area contributed by atoms with Gasteiger partial charge >= 0.3 is 5.97 Å². The van der Waals surface area contributed by atoms with Crippen molar-refractivity contribution >= 4 is 17.8 Å². The molecule has 0 radical (unpaired) electrons. The van der Waals surface area contributed by atoms with Crippen LogP contribution in [-0.4, -0.2) is 47.4 Å². The summed E-state index contributed by atoms with van der Waals surface area (Å²) in [7, 11) is 0. The standard InChI is InChI=1S/C21H20N2O4/c24-19-18-12-16(27-21(26)15-9-5-2-6-10-15)13-23(18)20(25)17(22-19)11-14-7-3-1-4-8-14/h1-10,16-18H,11-13H2,(H,22,24). The number of carbonyl (C=O) groups excluding carboxylic acids is 3. The Balaban J connectivity index is 1.43. The molecule has 1 N–H and O–H groups in total. The minimum atomic E-state index is -0.584. The second-order valence-corrected chi connectivity index (χ2v) is 6.89. The number of carbonyl (C=O) groups is 3. The lowest BCUT2D eigenvalue weighted by molar-refractivity contribution is -0.147. The van der Waals surface area contributed by atoms with Crippen molar-refractivity contribution in [1.29, 1.82) is 0 Å². The van der Waals surface area contributed by atoms with E-state index in [0.29, 0.717) is 18.4 Å². The highest BCUT2D eigenvalue weighted by atomic mass is 16.5. The molecule has 2 aliphatic rings. The first-order chi connectivity index (χ1) is 13.1. The van der Waals surface area contributed by atoms with Crippen molar-refractivity contribution in [2.24, 2.45) is 0 Å². The van der Waals surface area contributed by atoms with E-state index in [2.05, 4.69) is 5.32 Å². The van der Waals surface area contributed by atoms with Crippen molar-refractivity contribution in [2.75, 3.05) is 6.54 Å². The molecule has 0 saturated carbocycles. The Morgan fingerprint density at radius 2 is 1.70 bits per heavy atom. The summed E-state index contributed by atoms with van der Waals surface area (Å²) in [5, 5.41) is 2.82. The number of piperazine rings is 1. The maximum absolute atomic E-state index is 12.8. The van der Waals surface area contributed by atoms with Gasteiger partial charge < -0.3 is 15.0 Å². The predicted octanol–water partition coefficient (Wildman–Crippen LogP) is 1.55. The lowest BCUT2D eigenvalue weighted by Gasteiger charge is -2.34. The van der Waals surface area contributed by atoms with Gasteiger partial charge in [-0.3, -0.25) is 9.59 Å². The minimum Gasteiger partial charge on any atom is -0.457 e. The number of hydrogen-bond acceptors (Lipinski definition) is 4. The highest BCUT2D eigenvalue weighted by Crippen LogP contribution is 2.26. The fourth-order valence-electron chi connectivity index (χ4n) is 3.69. The fourth-order valence-corrected chi connectivity index (χ4v) is 3.69. The Morgan fingerprint density at radius 1 is 1.04 bits per heavy atom. The van der Waals surface area contributed by atoms with E-state index in [9.17, 15) is 14.4 Å². The summed E-state index contributed by atoms with van der Waals surface area (Å²) in [6, 6.07) is 17.1. The van der Waals surface area contributed by atoms with Gasteiger partial charge in [0.05, 0.1) is 12.1 Å². The van der Waals surface area contributed by atoms with E-state index in [0.717, 1.165) is 5.56 Å². The molecule has 6 heteroatoms. The molecule has 3 unspecified atom stereocenters. The van der Waals surface area contributed by atoms with E-state index in [1.807, 2.05) is 36.4 Å². The lowest BCUT2D eigenvalue weighted by Crippen LogP contribution is -2.61. The summed E-state index contributed by atoms with van der Waals surface area (Å²) in [6.07, 6.45) is 0.296. The number of fused-ring (bicyclic) bond motifs is 1. The second kappa shape index (κ2) is 7.23. The summed E-state index contributed by atoms with van der Waals surface area (Å²) < 4.78 is 5.53. The van der Waals surface area contributed by atoms with Crippen molar-refractivity contribution in [3.05, 3.63) is 71.8 Å². The van der Waals surface area contributed by atoms with Gasteiger partial charge in [-0.15, -0.1) is 0 Å². The molecule has 2 aromatic rings. The molecule has 2 aromatic carbocycles. The third kappa shape index (κ3) is 3.56. The molecule has 2 amide bonds. The summed E-state index contributed by atoms with van der Waals surface area (Å²) in [5.74, 6) is -0.746. The normalized spacial score (nSPS) is 24.3. The maximum Gasteiger partial charge on any atom is 0.338 e. The van der Waals surface area contributed by atoms with Crippen LogP contribution in [0.5, 0.6) is 0 Å². The van der Waals surface area contributed by atoms with Gasteiger partial charge in [0.1, 0.15) is 18.2 Å². The quantitative estimate of drug-likeness (QED) is 0.836. The van der Waals surface area contributed by atoms with Gasteiger partial charge in [0, 0.05) is 12.8 Å². The molecule has 0 bridgehead atoms. The van der Waals surface area contributed by atoms with E-state index < -0.39 is 24.2 Å². The Labute approximate surface area is 157 Å². The molecule has 2 aliphatic heterocycles. The Bertz CT molecular complexity index is 853. The summed E-state index contributed by atoms with van der Waals surface area (Å²) in [5.41, 5.74) is 1.45. The molecule has 0 aromatic heterocycles. The summed E-state index contributed by atoms with van der Waals surface area (Å²) >= 11 is 0. The molecule has 3 atom stereocenters. The van der Waals surface area contributed by atoms with Crippen molar-refractivity contribution in [3.63, 3.8) is 0 Å². The summed E-state index contributed by atoms with van der Waals surface area (Å²) in [4.78, 5) is 39.1. The van der Waals surface area contributed by atoms with Crippen LogP contribution in [0.4, 0.5) is 0 Å². The summed E-state index contributed by atoms with van der Waals surface area (Å²) in [6.45, 7) is 0.251. The van der Waals surface area contributed by atoms with Crippen molar-refractivity contribution in [3.8, 4) is 0 Å².